The molecule has 0 bridgehead atoms. The molecule has 0 saturated heterocycles. The van der Waals surface area contributed by atoms with Gasteiger partial charge in [-0.05, 0) is 47.0 Å². The lowest BCUT2D eigenvalue weighted by molar-refractivity contribution is 0.0428. The summed E-state index contributed by atoms with van der Waals surface area (Å²) in [6.45, 7) is 0. The van der Waals surface area contributed by atoms with E-state index in [4.69, 9.17) is 4.74 Å². The highest BCUT2D eigenvalue weighted by Crippen LogP contribution is 2.50. The van der Waals surface area contributed by atoms with Crippen LogP contribution < -0.4 is 0 Å². The van der Waals surface area contributed by atoms with Crippen LogP contribution in [-0.2, 0) is 4.74 Å². The molecule has 41 heavy (non-hydrogen) atoms. The van der Waals surface area contributed by atoms with E-state index in [0.717, 1.165) is 16.7 Å². The van der Waals surface area contributed by atoms with Crippen LogP contribution in [0.15, 0.2) is 163 Å². The maximum atomic E-state index is 14.5. The largest absolute Gasteiger partial charge is 0.427 e. The molecule has 0 aromatic heterocycles. The lowest BCUT2D eigenvalue weighted by Gasteiger charge is -2.46. The van der Waals surface area contributed by atoms with E-state index in [1.807, 2.05) is 151 Å². The Labute approximate surface area is 240 Å². The van der Waals surface area contributed by atoms with E-state index in [2.05, 4.69) is 0 Å². The molecule has 1 amide bonds. The molecule has 0 unspecified atom stereocenters. The number of hydrogen-bond acceptors (Lipinski definition) is 3. The first kappa shape index (κ1) is 26.0. The Morgan fingerprint density at radius 2 is 0.951 bits per heavy atom. The molecule has 4 nitrogen and oxygen atoms in total. The molecule has 5 aromatic rings. The lowest BCUT2D eigenvalue weighted by Crippen LogP contribution is -2.44. The molecule has 0 N–H and O–H groups in total. The second-order valence-electron chi connectivity index (χ2n) is 10.0. The van der Waals surface area contributed by atoms with Crippen molar-refractivity contribution >= 4 is 11.9 Å². The summed E-state index contributed by atoms with van der Waals surface area (Å²) in [4.78, 5) is 29.9. The molecule has 0 spiro atoms. The quantitative estimate of drug-likeness (QED) is 0.206. The number of esters is 1. The fourth-order valence-corrected chi connectivity index (χ4v) is 5.57. The van der Waals surface area contributed by atoms with Crippen molar-refractivity contribution in [2.24, 2.45) is 0 Å². The molecule has 200 valence electrons. The number of rotatable bonds is 6. The zero-order valence-corrected chi connectivity index (χ0v) is 22.4. The highest BCUT2D eigenvalue weighted by molar-refractivity contribution is 5.95. The van der Waals surface area contributed by atoms with Gasteiger partial charge in [-0.1, -0.05) is 127 Å². The third kappa shape index (κ3) is 5.45. The zero-order valence-electron chi connectivity index (χ0n) is 22.4. The zero-order chi connectivity index (χ0) is 28.0. The molecular formula is C37H29NO3. The standard InChI is InChI=1S/C37H29NO3/c39-36(30-22-12-4-13-23-30)38-32(27-16-6-1-7-17-27)26-33(41-37(40)31-24-14-5-15-25-31)34(28-18-8-2-9-19-28)35(38)29-20-10-3-11-21-29/h1-26,32,34-35H/t32-,34+,35-/m1/s1. The second kappa shape index (κ2) is 11.9. The van der Waals surface area contributed by atoms with Crippen molar-refractivity contribution in [3.63, 3.8) is 0 Å². The summed E-state index contributed by atoms with van der Waals surface area (Å²) in [5.41, 5.74) is 3.89. The summed E-state index contributed by atoms with van der Waals surface area (Å²) < 4.78 is 6.27. The Hall–Kier alpha value is -5.22. The maximum Gasteiger partial charge on any atom is 0.343 e. The minimum absolute atomic E-state index is 0.0982. The molecule has 4 heteroatoms. The first-order valence-electron chi connectivity index (χ1n) is 13.7. The van der Waals surface area contributed by atoms with Crippen LogP contribution in [0.5, 0.6) is 0 Å². The van der Waals surface area contributed by atoms with Crippen molar-refractivity contribution in [1.82, 2.24) is 4.90 Å². The minimum atomic E-state index is -0.479. The van der Waals surface area contributed by atoms with Gasteiger partial charge in [0, 0.05) is 5.56 Å². The number of nitrogens with zero attached hydrogens (tertiary/aromatic N) is 1. The smallest absolute Gasteiger partial charge is 0.343 e. The molecule has 1 aliphatic heterocycles. The molecule has 0 radical (unpaired) electrons. The van der Waals surface area contributed by atoms with Crippen LogP contribution in [0.25, 0.3) is 0 Å². The summed E-state index contributed by atoms with van der Waals surface area (Å²) in [5.74, 6) is -0.443. The van der Waals surface area contributed by atoms with E-state index in [-0.39, 0.29) is 5.91 Å². The van der Waals surface area contributed by atoms with Crippen LogP contribution in [0.2, 0.25) is 0 Å². The van der Waals surface area contributed by atoms with Crippen LogP contribution in [0.1, 0.15) is 55.4 Å². The van der Waals surface area contributed by atoms with Crippen LogP contribution in [0.3, 0.4) is 0 Å². The molecule has 1 aliphatic rings. The minimum Gasteiger partial charge on any atom is -0.427 e. The Morgan fingerprint density at radius 1 is 0.512 bits per heavy atom. The number of hydrogen-bond donors (Lipinski definition) is 0. The van der Waals surface area contributed by atoms with Gasteiger partial charge in [-0.3, -0.25) is 4.79 Å². The molecule has 0 fully saturated rings. The summed E-state index contributed by atoms with van der Waals surface area (Å²) in [5, 5.41) is 0. The van der Waals surface area contributed by atoms with Crippen molar-refractivity contribution < 1.29 is 14.3 Å². The monoisotopic (exact) mass is 535 g/mol. The van der Waals surface area contributed by atoms with E-state index >= 15 is 0 Å². The Kier molecular flexibility index (Phi) is 7.55. The Balaban J connectivity index is 1.59. The van der Waals surface area contributed by atoms with Crippen molar-refractivity contribution in [1.29, 1.82) is 0 Å². The average molecular weight is 536 g/mol. The predicted octanol–water partition coefficient (Wildman–Crippen LogP) is 8.15. The number of amides is 1. The lowest BCUT2D eigenvalue weighted by atomic mass is 9.79. The third-order valence-electron chi connectivity index (χ3n) is 7.46. The maximum absolute atomic E-state index is 14.5. The van der Waals surface area contributed by atoms with Gasteiger partial charge in [-0.2, -0.15) is 0 Å². The molecule has 0 saturated carbocycles. The number of ether oxygens (including phenoxy) is 1. The van der Waals surface area contributed by atoms with Crippen LogP contribution in [-0.4, -0.2) is 16.8 Å². The Bertz CT molecular complexity index is 1640. The van der Waals surface area contributed by atoms with Crippen molar-refractivity contribution in [3.05, 3.63) is 191 Å². The van der Waals surface area contributed by atoms with Crippen LogP contribution in [0.4, 0.5) is 0 Å². The van der Waals surface area contributed by atoms with Gasteiger partial charge >= 0.3 is 5.97 Å². The van der Waals surface area contributed by atoms with Gasteiger partial charge < -0.3 is 9.64 Å². The van der Waals surface area contributed by atoms with Gasteiger partial charge in [0.1, 0.15) is 5.76 Å². The van der Waals surface area contributed by atoms with Gasteiger partial charge in [-0.15, -0.1) is 0 Å². The highest BCUT2D eigenvalue weighted by Gasteiger charge is 2.44. The van der Waals surface area contributed by atoms with E-state index in [1.165, 1.54) is 0 Å². The number of benzene rings is 5. The summed E-state index contributed by atoms with van der Waals surface area (Å²) in [6, 6.07) is 47.3. The number of carbonyl (C=O) groups is 2. The van der Waals surface area contributed by atoms with Crippen molar-refractivity contribution in [2.75, 3.05) is 0 Å². The van der Waals surface area contributed by atoms with E-state index in [9.17, 15) is 9.59 Å². The predicted molar refractivity (Wildman–Crippen MR) is 160 cm³/mol. The highest BCUT2D eigenvalue weighted by atomic mass is 16.5. The first-order chi connectivity index (χ1) is 20.2. The van der Waals surface area contributed by atoms with Gasteiger partial charge in [0.15, 0.2) is 0 Å². The van der Waals surface area contributed by atoms with Gasteiger partial charge in [0.2, 0.25) is 0 Å². The van der Waals surface area contributed by atoms with Gasteiger partial charge in [-0.25, -0.2) is 4.79 Å². The summed E-state index contributed by atoms with van der Waals surface area (Å²) in [7, 11) is 0. The molecule has 6 rings (SSSR count). The van der Waals surface area contributed by atoms with Gasteiger partial charge in [0.05, 0.1) is 23.6 Å². The van der Waals surface area contributed by atoms with Gasteiger partial charge in [0.25, 0.3) is 5.91 Å². The third-order valence-corrected chi connectivity index (χ3v) is 7.46. The van der Waals surface area contributed by atoms with Crippen molar-refractivity contribution in [2.45, 2.75) is 18.0 Å². The van der Waals surface area contributed by atoms with E-state index in [0.29, 0.717) is 16.9 Å². The van der Waals surface area contributed by atoms with Crippen LogP contribution >= 0.6 is 0 Å². The average Bonchev–Trinajstić information content (AvgIpc) is 3.06. The summed E-state index contributed by atoms with van der Waals surface area (Å²) >= 11 is 0. The fourth-order valence-electron chi connectivity index (χ4n) is 5.57. The summed E-state index contributed by atoms with van der Waals surface area (Å²) in [6.07, 6.45) is 1.94. The van der Waals surface area contributed by atoms with Crippen molar-refractivity contribution in [3.8, 4) is 0 Å². The molecule has 1 heterocycles. The number of carbonyl (C=O) groups excluding carboxylic acids is 2. The van der Waals surface area contributed by atoms with E-state index < -0.39 is 24.0 Å². The topological polar surface area (TPSA) is 46.6 Å². The first-order valence-corrected chi connectivity index (χ1v) is 13.7. The fraction of sp³-hybridized carbons (Fsp3) is 0.0811. The SMILES string of the molecule is O=C(OC1=C[C@H](c2ccccc2)N(C(=O)c2ccccc2)[C@H](c2ccccc2)[C@H]1c1ccccc1)c1ccccc1. The second-order valence-corrected chi connectivity index (χ2v) is 10.0. The molecular weight excluding hydrogens is 506 g/mol. The molecule has 0 aliphatic carbocycles. The van der Waals surface area contributed by atoms with Crippen LogP contribution in [0, 0.1) is 0 Å². The molecule has 5 aromatic carbocycles. The van der Waals surface area contributed by atoms with E-state index in [1.54, 1.807) is 12.1 Å². The Morgan fingerprint density at radius 3 is 1.49 bits per heavy atom. The normalized spacial score (nSPS) is 18.3. The molecule has 3 atom stereocenters.